The van der Waals surface area contributed by atoms with Gasteiger partial charge in [0.1, 0.15) is 12.6 Å². The lowest BCUT2D eigenvalue weighted by Crippen LogP contribution is -2.74. The van der Waals surface area contributed by atoms with E-state index < -0.39 is 0 Å². The molecule has 1 saturated heterocycles. The Hall–Kier alpha value is -0.800. The van der Waals surface area contributed by atoms with Crippen molar-refractivity contribution >= 4 is 0 Å². The Kier molecular flexibility index (Phi) is 11.3. The smallest absolute Gasteiger partial charge is 0.115 e. The molecule has 0 spiro atoms. The Morgan fingerprint density at radius 2 is 1.58 bits per heavy atom. The van der Waals surface area contributed by atoms with Crippen LogP contribution in [0.4, 0.5) is 0 Å². The molecule has 12 heteroatoms. The molecular formula is C21H43N7O5. The third kappa shape index (κ3) is 8.73. The molecule has 0 aromatic rings. The molecular weight excluding hydrogens is 430 g/mol. The van der Waals surface area contributed by atoms with Crippen molar-refractivity contribution in [3.8, 4) is 0 Å². The molecule has 8 unspecified atom stereocenters. The first-order valence-corrected chi connectivity index (χ1v) is 12.3. The van der Waals surface area contributed by atoms with Crippen LogP contribution in [0.25, 0.3) is 0 Å². The lowest BCUT2D eigenvalue weighted by atomic mass is 9.79. The van der Waals surface area contributed by atoms with Crippen LogP contribution in [0.2, 0.25) is 0 Å². The third-order valence-corrected chi connectivity index (χ3v) is 7.03. The SMILES string of the molecule is CC1NC(NCCO)NC(NC2CCC(N=NC3CC(COO)CC(COO)C3)C(C)C2)N1. The molecule has 0 radical (unpaired) electrons. The average molecular weight is 474 g/mol. The van der Waals surface area contributed by atoms with Crippen molar-refractivity contribution < 1.29 is 25.4 Å². The molecule has 2 saturated carbocycles. The van der Waals surface area contributed by atoms with E-state index >= 15 is 0 Å². The fourth-order valence-electron chi connectivity index (χ4n) is 5.46. The van der Waals surface area contributed by atoms with Crippen molar-refractivity contribution in [2.45, 2.75) is 89.2 Å². The van der Waals surface area contributed by atoms with Crippen molar-refractivity contribution in [1.82, 2.24) is 26.6 Å². The number of hydrogen-bond acceptors (Lipinski definition) is 12. The van der Waals surface area contributed by atoms with Crippen LogP contribution in [0.3, 0.4) is 0 Å². The van der Waals surface area contributed by atoms with Gasteiger partial charge in [-0.3, -0.25) is 37.1 Å². The Bertz CT molecular complexity index is 575. The van der Waals surface area contributed by atoms with E-state index in [-0.39, 0.29) is 62.5 Å². The maximum atomic E-state index is 9.05. The van der Waals surface area contributed by atoms with E-state index in [1.807, 2.05) is 0 Å². The van der Waals surface area contributed by atoms with E-state index in [4.69, 9.17) is 20.7 Å². The van der Waals surface area contributed by atoms with E-state index in [2.05, 4.69) is 55.3 Å². The number of nitrogens with one attached hydrogen (secondary N) is 5. The minimum atomic E-state index is -0.0657. The summed E-state index contributed by atoms with van der Waals surface area (Å²) in [5.41, 5.74) is 0. The van der Waals surface area contributed by atoms with Crippen LogP contribution >= 0.6 is 0 Å². The summed E-state index contributed by atoms with van der Waals surface area (Å²) in [5.74, 6) is 0.792. The fourth-order valence-corrected chi connectivity index (χ4v) is 5.46. The number of azo groups is 1. The number of aliphatic hydroxyl groups is 1. The summed E-state index contributed by atoms with van der Waals surface area (Å²) in [4.78, 5) is 8.72. The van der Waals surface area contributed by atoms with Gasteiger partial charge in [0.05, 0.1) is 38.1 Å². The Morgan fingerprint density at radius 1 is 0.879 bits per heavy atom. The molecule has 8 N–H and O–H groups in total. The Balaban J connectivity index is 1.46. The Morgan fingerprint density at radius 3 is 2.21 bits per heavy atom. The molecule has 12 nitrogen and oxygen atoms in total. The molecule has 0 amide bonds. The maximum absolute atomic E-state index is 9.05. The van der Waals surface area contributed by atoms with Gasteiger partial charge in [0.2, 0.25) is 0 Å². The summed E-state index contributed by atoms with van der Waals surface area (Å²) in [7, 11) is 0. The fraction of sp³-hybridized carbons (Fsp3) is 1.00. The zero-order valence-corrected chi connectivity index (χ0v) is 19.8. The van der Waals surface area contributed by atoms with Crippen LogP contribution in [-0.2, 0) is 9.78 Å². The first-order valence-electron chi connectivity index (χ1n) is 12.3. The van der Waals surface area contributed by atoms with Gasteiger partial charge in [-0.2, -0.15) is 10.2 Å². The number of rotatable bonds is 11. The van der Waals surface area contributed by atoms with Crippen molar-refractivity contribution in [3.63, 3.8) is 0 Å². The van der Waals surface area contributed by atoms with Crippen molar-refractivity contribution in [2.24, 2.45) is 28.0 Å². The second kappa shape index (κ2) is 13.9. The Labute approximate surface area is 196 Å². The van der Waals surface area contributed by atoms with Crippen LogP contribution < -0.4 is 26.6 Å². The highest BCUT2D eigenvalue weighted by molar-refractivity contribution is 4.89. The van der Waals surface area contributed by atoms with Crippen LogP contribution in [-0.4, -0.2) is 78.9 Å². The summed E-state index contributed by atoms with van der Waals surface area (Å²) in [6, 6.07) is 0.652. The minimum absolute atomic E-state index is 0.0218. The highest BCUT2D eigenvalue weighted by atomic mass is 17.1. The van der Waals surface area contributed by atoms with Gasteiger partial charge in [0.25, 0.3) is 0 Å². The van der Waals surface area contributed by atoms with Gasteiger partial charge in [-0.1, -0.05) is 6.92 Å². The van der Waals surface area contributed by atoms with Crippen molar-refractivity contribution in [2.75, 3.05) is 26.4 Å². The first kappa shape index (κ1) is 26.8. The van der Waals surface area contributed by atoms with Crippen molar-refractivity contribution in [3.05, 3.63) is 0 Å². The predicted octanol–water partition coefficient (Wildman–Crippen LogP) is 0.627. The normalized spacial score (nSPS) is 40.3. The third-order valence-electron chi connectivity index (χ3n) is 7.03. The average Bonchev–Trinajstić information content (AvgIpc) is 2.77. The molecule has 3 fully saturated rings. The quantitative estimate of drug-likeness (QED) is 0.121. The van der Waals surface area contributed by atoms with Gasteiger partial charge in [0.15, 0.2) is 0 Å². The predicted molar refractivity (Wildman–Crippen MR) is 122 cm³/mol. The van der Waals surface area contributed by atoms with Crippen LogP contribution in [0.15, 0.2) is 10.2 Å². The molecule has 3 rings (SSSR count). The monoisotopic (exact) mass is 473 g/mol. The van der Waals surface area contributed by atoms with Gasteiger partial charge >= 0.3 is 0 Å². The molecule has 3 aliphatic rings. The second-order valence-corrected chi connectivity index (χ2v) is 9.90. The molecule has 192 valence electrons. The summed E-state index contributed by atoms with van der Waals surface area (Å²) >= 11 is 0. The second-order valence-electron chi connectivity index (χ2n) is 9.90. The number of aliphatic hydroxyl groups excluding tert-OH is 1. The largest absolute Gasteiger partial charge is 0.395 e. The summed E-state index contributed by atoms with van der Waals surface area (Å²) in [6.45, 7) is 5.48. The standard InChI is InChI=1S/C21H43N7O5/c1-13-7-17(25-21-24-14(2)23-20(26-21)22-5-6-29)3-4-19(13)28-27-18-9-15(11-32-30)8-16(10-18)12-33-31/h13-26,29-31H,3-12H2,1-2H3. The number of nitrogens with zero attached hydrogens (tertiary/aromatic N) is 2. The van der Waals surface area contributed by atoms with E-state index in [1.165, 1.54) is 0 Å². The summed E-state index contributed by atoms with van der Waals surface area (Å²) < 4.78 is 0. The number of hydrogen-bond donors (Lipinski definition) is 8. The lowest BCUT2D eigenvalue weighted by Gasteiger charge is -2.41. The molecule has 33 heavy (non-hydrogen) atoms. The summed E-state index contributed by atoms with van der Waals surface area (Å²) in [5, 5.41) is 53.3. The highest BCUT2D eigenvalue weighted by Gasteiger charge is 2.33. The molecule has 1 heterocycles. The van der Waals surface area contributed by atoms with Gasteiger partial charge < -0.3 is 5.11 Å². The molecule has 0 aromatic heterocycles. The minimum Gasteiger partial charge on any atom is -0.395 e. The molecule has 2 aliphatic carbocycles. The van der Waals surface area contributed by atoms with Crippen LogP contribution in [0.5, 0.6) is 0 Å². The van der Waals surface area contributed by atoms with Gasteiger partial charge in [-0.05, 0) is 63.2 Å². The van der Waals surface area contributed by atoms with E-state index in [0.717, 1.165) is 38.5 Å². The highest BCUT2D eigenvalue weighted by Crippen LogP contribution is 2.33. The van der Waals surface area contributed by atoms with Gasteiger partial charge in [-0.25, -0.2) is 9.78 Å². The van der Waals surface area contributed by atoms with E-state index in [1.54, 1.807) is 0 Å². The van der Waals surface area contributed by atoms with E-state index in [9.17, 15) is 0 Å². The molecule has 0 aromatic carbocycles. The van der Waals surface area contributed by atoms with Crippen LogP contribution in [0.1, 0.15) is 52.4 Å². The molecule has 1 aliphatic heterocycles. The van der Waals surface area contributed by atoms with Crippen molar-refractivity contribution in [1.29, 1.82) is 0 Å². The zero-order valence-electron chi connectivity index (χ0n) is 19.8. The van der Waals surface area contributed by atoms with E-state index in [0.29, 0.717) is 18.5 Å². The maximum Gasteiger partial charge on any atom is 0.115 e. The van der Waals surface area contributed by atoms with Gasteiger partial charge in [0, 0.05) is 12.6 Å². The summed E-state index contributed by atoms with van der Waals surface area (Å²) in [6.07, 6.45) is 5.57. The zero-order chi connectivity index (χ0) is 23.6. The van der Waals surface area contributed by atoms with Crippen LogP contribution in [0, 0.1) is 17.8 Å². The molecule has 0 bridgehead atoms. The first-order chi connectivity index (χ1) is 16.0. The van der Waals surface area contributed by atoms with Gasteiger partial charge in [-0.15, -0.1) is 0 Å². The lowest BCUT2D eigenvalue weighted by molar-refractivity contribution is -0.263. The molecule has 8 atom stereocenters. The topological polar surface area (TPSA) is 164 Å².